The average Bonchev–Trinajstić information content (AvgIpc) is 2.69. The van der Waals surface area contributed by atoms with E-state index in [9.17, 15) is 4.39 Å². The standard InChI is InChI=1S/C17H24FNO/c1-13-16(14-8-4-5-9-15(14)18)20-17(12-19-13)10-6-2-3-7-11-17/h4-5,8-9,13,16,19H,2-3,6-7,10-12H2,1H3. The van der Waals surface area contributed by atoms with E-state index in [-0.39, 0.29) is 23.6 Å². The molecule has 1 aliphatic carbocycles. The number of rotatable bonds is 1. The van der Waals surface area contributed by atoms with E-state index >= 15 is 0 Å². The van der Waals surface area contributed by atoms with E-state index < -0.39 is 0 Å². The lowest BCUT2D eigenvalue weighted by Crippen LogP contribution is -2.54. The van der Waals surface area contributed by atoms with Gasteiger partial charge in [-0.25, -0.2) is 4.39 Å². The molecule has 1 saturated carbocycles. The molecule has 1 spiro atoms. The summed E-state index contributed by atoms with van der Waals surface area (Å²) in [6, 6.07) is 7.17. The van der Waals surface area contributed by atoms with Crippen molar-refractivity contribution in [2.45, 2.75) is 63.2 Å². The molecule has 2 fully saturated rings. The molecule has 0 radical (unpaired) electrons. The summed E-state index contributed by atoms with van der Waals surface area (Å²) >= 11 is 0. The SMILES string of the molecule is CC1NCC2(CCCCCC2)OC1c1ccccc1F. The molecule has 1 N–H and O–H groups in total. The number of morpholine rings is 1. The number of hydrogen-bond donors (Lipinski definition) is 1. The van der Waals surface area contributed by atoms with Gasteiger partial charge in [-0.3, -0.25) is 0 Å². The van der Waals surface area contributed by atoms with Crippen LogP contribution >= 0.6 is 0 Å². The van der Waals surface area contributed by atoms with Crippen LogP contribution in [0.4, 0.5) is 4.39 Å². The minimum Gasteiger partial charge on any atom is -0.364 e. The largest absolute Gasteiger partial charge is 0.364 e. The molecule has 0 bridgehead atoms. The molecular weight excluding hydrogens is 253 g/mol. The first kappa shape index (κ1) is 14.0. The maximum Gasteiger partial charge on any atom is 0.129 e. The predicted molar refractivity (Wildman–Crippen MR) is 78.1 cm³/mol. The predicted octanol–water partition coefficient (Wildman–Crippen LogP) is 3.97. The molecule has 1 aromatic carbocycles. The van der Waals surface area contributed by atoms with E-state index in [0.29, 0.717) is 5.56 Å². The highest BCUT2D eigenvalue weighted by molar-refractivity contribution is 5.22. The van der Waals surface area contributed by atoms with Gasteiger partial charge in [0.1, 0.15) is 11.9 Å². The Morgan fingerprint density at radius 3 is 2.55 bits per heavy atom. The Hall–Kier alpha value is -0.930. The van der Waals surface area contributed by atoms with Gasteiger partial charge in [-0.1, -0.05) is 43.9 Å². The summed E-state index contributed by atoms with van der Waals surface area (Å²) in [6.07, 6.45) is 7.05. The molecule has 2 aliphatic rings. The zero-order chi connectivity index (χ0) is 14.0. The Labute approximate surface area is 120 Å². The minimum atomic E-state index is -0.178. The molecule has 3 heteroatoms. The summed E-state index contributed by atoms with van der Waals surface area (Å²) in [5.74, 6) is -0.156. The first-order valence-corrected chi connectivity index (χ1v) is 7.86. The molecule has 20 heavy (non-hydrogen) atoms. The monoisotopic (exact) mass is 277 g/mol. The smallest absolute Gasteiger partial charge is 0.129 e. The van der Waals surface area contributed by atoms with Crippen molar-refractivity contribution < 1.29 is 9.13 Å². The average molecular weight is 277 g/mol. The lowest BCUT2D eigenvalue weighted by atomic mass is 9.89. The van der Waals surface area contributed by atoms with Crippen LogP contribution < -0.4 is 5.32 Å². The Bertz CT molecular complexity index is 454. The van der Waals surface area contributed by atoms with Gasteiger partial charge in [-0.2, -0.15) is 0 Å². The molecule has 1 saturated heterocycles. The second-order valence-electron chi connectivity index (χ2n) is 6.33. The highest BCUT2D eigenvalue weighted by Crippen LogP contribution is 2.39. The number of nitrogens with one attached hydrogen (secondary N) is 1. The summed E-state index contributed by atoms with van der Waals surface area (Å²) in [4.78, 5) is 0. The number of hydrogen-bond acceptors (Lipinski definition) is 2. The lowest BCUT2D eigenvalue weighted by Gasteiger charge is -2.45. The first-order valence-electron chi connectivity index (χ1n) is 7.86. The normalized spacial score (nSPS) is 30.1. The van der Waals surface area contributed by atoms with Crippen LogP contribution in [0, 0.1) is 5.82 Å². The second-order valence-corrected chi connectivity index (χ2v) is 6.33. The van der Waals surface area contributed by atoms with Crippen LogP contribution in [0.15, 0.2) is 24.3 Å². The Balaban J connectivity index is 1.84. The third kappa shape index (κ3) is 2.75. The van der Waals surface area contributed by atoms with Crippen LogP contribution in [0.2, 0.25) is 0 Å². The van der Waals surface area contributed by atoms with Gasteiger partial charge in [0.25, 0.3) is 0 Å². The maximum atomic E-state index is 14.1. The van der Waals surface area contributed by atoms with Crippen molar-refractivity contribution in [2.24, 2.45) is 0 Å². The maximum absolute atomic E-state index is 14.1. The molecule has 1 heterocycles. The minimum absolute atomic E-state index is 0.0873. The van der Waals surface area contributed by atoms with E-state index in [1.165, 1.54) is 31.7 Å². The molecule has 2 unspecified atom stereocenters. The number of benzene rings is 1. The van der Waals surface area contributed by atoms with Crippen molar-refractivity contribution in [3.63, 3.8) is 0 Å². The van der Waals surface area contributed by atoms with Crippen LogP contribution in [0.5, 0.6) is 0 Å². The number of ether oxygens (including phenoxy) is 1. The third-order valence-electron chi connectivity index (χ3n) is 4.80. The molecule has 0 amide bonds. The van der Waals surface area contributed by atoms with Crippen LogP contribution in [0.25, 0.3) is 0 Å². The third-order valence-corrected chi connectivity index (χ3v) is 4.80. The van der Waals surface area contributed by atoms with E-state index in [0.717, 1.165) is 19.4 Å². The molecule has 1 aromatic rings. The van der Waals surface area contributed by atoms with Crippen molar-refractivity contribution in [3.05, 3.63) is 35.6 Å². The molecule has 0 aromatic heterocycles. The van der Waals surface area contributed by atoms with Crippen molar-refractivity contribution in [2.75, 3.05) is 6.54 Å². The van der Waals surface area contributed by atoms with Gasteiger partial charge in [-0.05, 0) is 25.8 Å². The fourth-order valence-electron chi connectivity index (χ4n) is 3.57. The van der Waals surface area contributed by atoms with Crippen molar-refractivity contribution in [1.82, 2.24) is 5.32 Å². The van der Waals surface area contributed by atoms with Crippen LogP contribution in [0.3, 0.4) is 0 Å². The van der Waals surface area contributed by atoms with E-state index in [4.69, 9.17) is 4.74 Å². The second kappa shape index (κ2) is 5.82. The van der Waals surface area contributed by atoms with E-state index in [2.05, 4.69) is 12.2 Å². The van der Waals surface area contributed by atoms with E-state index in [1.807, 2.05) is 12.1 Å². The molecule has 3 rings (SSSR count). The van der Waals surface area contributed by atoms with Crippen molar-refractivity contribution in [3.8, 4) is 0 Å². The lowest BCUT2D eigenvalue weighted by molar-refractivity contribution is -0.143. The highest BCUT2D eigenvalue weighted by atomic mass is 19.1. The summed E-state index contributed by atoms with van der Waals surface area (Å²) in [5.41, 5.74) is 0.603. The Kier molecular flexibility index (Phi) is 4.08. The van der Waals surface area contributed by atoms with Crippen molar-refractivity contribution in [1.29, 1.82) is 0 Å². The Morgan fingerprint density at radius 1 is 1.15 bits per heavy atom. The van der Waals surface area contributed by atoms with Crippen LogP contribution in [0.1, 0.15) is 57.1 Å². The van der Waals surface area contributed by atoms with Gasteiger partial charge in [-0.15, -0.1) is 0 Å². The highest BCUT2D eigenvalue weighted by Gasteiger charge is 2.41. The van der Waals surface area contributed by atoms with Crippen LogP contribution in [-0.4, -0.2) is 18.2 Å². The summed E-state index contributed by atoms with van der Waals surface area (Å²) in [7, 11) is 0. The molecule has 2 nitrogen and oxygen atoms in total. The fourth-order valence-corrected chi connectivity index (χ4v) is 3.57. The van der Waals surface area contributed by atoms with Gasteiger partial charge < -0.3 is 10.1 Å². The zero-order valence-corrected chi connectivity index (χ0v) is 12.2. The molecule has 1 aliphatic heterocycles. The fraction of sp³-hybridized carbons (Fsp3) is 0.647. The Morgan fingerprint density at radius 2 is 1.85 bits per heavy atom. The van der Waals surface area contributed by atoms with E-state index in [1.54, 1.807) is 6.07 Å². The van der Waals surface area contributed by atoms with Crippen LogP contribution in [-0.2, 0) is 4.74 Å². The van der Waals surface area contributed by atoms with Gasteiger partial charge in [0.2, 0.25) is 0 Å². The zero-order valence-electron chi connectivity index (χ0n) is 12.2. The summed E-state index contributed by atoms with van der Waals surface area (Å²) in [5, 5.41) is 3.55. The molecule has 2 atom stereocenters. The summed E-state index contributed by atoms with van der Waals surface area (Å²) in [6.45, 7) is 2.99. The van der Waals surface area contributed by atoms with Gasteiger partial charge in [0, 0.05) is 18.2 Å². The van der Waals surface area contributed by atoms with Gasteiger partial charge >= 0.3 is 0 Å². The molecular formula is C17H24FNO. The quantitative estimate of drug-likeness (QED) is 0.838. The van der Waals surface area contributed by atoms with Gasteiger partial charge in [0.15, 0.2) is 0 Å². The first-order chi connectivity index (χ1) is 9.70. The van der Waals surface area contributed by atoms with Gasteiger partial charge in [0.05, 0.1) is 5.60 Å². The van der Waals surface area contributed by atoms with Crippen molar-refractivity contribution >= 4 is 0 Å². The topological polar surface area (TPSA) is 21.3 Å². The molecule has 110 valence electrons. The number of halogens is 1. The summed E-state index contributed by atoms with van der Waals surface area (Å²) < 4.78 is 20.5.